The Hall–Kier alpha value is -3.17. The Bertz CT molecular complexity index is 1010. The van der Waals surface area contributed by atoms with Crippen molar-refractivity contribution in [1.29, 1.82) is 5.26 Å². The normalized spacial score (nSPS) is 14.9. The van der Waals surface area contributed by atoms with Crippen molar-refractivity contribution in [1.82, 2.24) is 20.6 Å². The summed E-state index contributed by atoms with van der Waals surface area (Å²) >= 11 is 6.37. The Labute approximate surface area is 201 Å². The molecule has 176 valence electrons. The number of aromatic nitrogens is 2. The zero-order chi connectivity index (χ0) is 22.9. The third-order valence-electron chi connectivity index (χ3n) is 4.54. The summed E-state index contributed by atoms with van der Waals surface area (Å²) in [5, 5.41) is 20.2. The highest BCUT2D eigenvalue weighted by atomic mass is 35.5. The summed E-state index contributed by atoms with van der Waals surface area (Å²) in [7, 11) is 1.47. The van der Waals surface area contributed by atoms with Gasteiger partial charge in [-0.15, -0.1) is 12.4 Å². The van der Waals surface area contributed by atoms with Gasteiger partial charge in [-0.05, 0) is 24.1 Å². The van der Waals surface area contributed by atoms with Crippen LogP contribution in [0.2, 0.25) is 5.02 Å². The van der Waals surface area contributed by atoms with Crippen molar-refractivity contribution in [3.05, 3.63) is 40.8 Å². The van der Waals surface area contributed by atoms with Crippen LogP contribution >= 0.6 is 24.0 Å². The lowest BCUT2D eigenvalue weighted by Crippen LogP contribution is -2.48. The number of hydrogen-bond donors (Lipinski definition) is 4. The first-order valence-corrected chi connectivity index (χ1v) is 10.1. The van der Waals surface area contributed by atoms with Crippen LogP contribution in [0.3, 0.4) is 0 Å². The summed E-state index contributed by atoms with van der Waals surface area (Å²) in [4.78, 5) is 32.2. The van der Waals surface area contributed by atoms with E-state index >= 15 is 0 Å². The first-order valence-electron chi connectivity index (χ1n) is 9.76. The van der Waals surface area contributed by atoms with E-state index in [1.54, 1.807) is 12.1 Å². The van der Waals surface area contributed by atoms with Crippen LogP contribution in [0.15, 0.2) is 24.5 Å². The molecule has 0 radical (unpaired) electrons. The number of carbonyl (C=O) groups is 2. The van der Waals surface area contributed by atoms with Crippen LogP contribution in [0.4, 0.5) is 16.3 Å². The number of methoxy groups -OCH3 is 1. The van der Waals surface area contributed by atoms with Gasteiger partial charge in [0.2, 0.25) is 5.91 Å². The number of amides is 3. The first-order chi connectivity index (χ1) is 15.5. The maximum Gasteiger partial charge on any atom is 0.325 e. The molecule has 11 nitrogen and oxygen atoms in total. The van der Waals surface area contributed by atoms with E-state index in [1.165, 1.54) is 19.5 Å². The molecule has 1 aromatic heterocycles. The average molecular weight is 496 g/mol. The number of halogens is 2. The van der Waals surface area contributed by atoms with Crippen molar-refractivity contribution in [2.45, 2.75) is 12.5 Å². The Kier molecular flexibility index (Phi) is 10.1. The second kappa shape index (κ2) is 12.8. The van der Waals surface area contributed by atoms with E-state index in [4.69, 9.17) is 26.3 Å². The average Bonchev–Trinajstić information content (AvgIpc) is 2.81. The zero-order valence-corrected chi connectivity index (χ0v) is 19.3. The molecule has 1 aliphatic heterocycles. The van der Waals surface area contributed by atoms with Crippen LogP contribution in [0.1, 0.15) is 11.3 Å². The van der Waals surface area contributed by atoms with Crippen LogP contribution in [0.5, 0.6) is 5.75 Å². The molecule has 1 fully saturated rings. The van der Waals surface area contributed by atoms with E-state index < -0.39 is 12.1 Å². The lowest BCUT2D eigenvalue weighted by Gasteiger charge is -2.22. The Morgan fingerprint density at radius 1 is 1.33 bits per heavy atom. The van der Waals surface area contributed by atoms with Gasteiger partial charge in [0.1, 0.15) is 17.9 Å². The summed E-state index contributed by atoms with van der Waals surface area (Å²) in [6.45, 7) is 2.09. The van der Waals surface area contributed by atoms with E-state index in [0.29, 0.717) is 42.6 Å². The number of nitriles is 1. The standard InChI is InChI=1S/C20H22ClN7O4.ClH/c1-31-16-6-12(2-3-24-19(29)17-10-23-4-5-32-17)14(21)7-15(16)27-20(30)28-18-11-25-13(8-22)9-26-18;/h6-7,9,11,17,23H,2-5,10H2,1H3,(H,24,29)(H2,26,27,28,30);1H/t17-;/m1./s1. The molecule has 4 N–H and O–H groups in total. The maximum atomic E-state index is 12.3. The molecule has 33 heavy (non-hydrogen) atoms. The minimum Gasteiger partial charge on any atom is -0.495 e. The molecular weight excluding hydrogens is 473 g/mol. The zero-order valence-electron chi connectivity index (χ0n) is 17.7. The van der Waals surface area contributed by atoms with Crippen molar-refractivity contribution >= 4 is 47.5 Å². The van der Waals surface area contributed by atoms with Crippen molar-refractivity contribution in [2.75, 3.05) is 44.0 Å². The predicted molar refractivity (Wildman–Crippen MR) is 124 cm³/mol. The highest BCUT2D eigenvalue weighted by Gasteiger charge is 2.21. The van der Waals surface area contributed by atoms with Gasteiger partial charge in [0.15, 0.2) is 11.5 Å². The van der Waals surface area contributed by atoms with Crippen LogP contribution in [0, 0.1) is 11.3 Å². The molecule has 13 heteroatoms. The van der Waals surface area contributed by atoms with Gasteiger partial charge in [-0.3, -0.25) is 10.1 Å². The van der Waals surface area contributed by atoms with Crippen LogP contribution in [-0.4, -0.2) is 61.4 Å². The van der Waals surface area contributed by atoms with E-state index in [9.17, 15) is 9.59 Å². The Morgan fingerprint density at radius 3 is 2.79 bits per heavy atom. The van der Waals surface area contributed by atoms with Crippen LogP contribution in [0.25, 0.3) is 0 Å². The van der Waals surface area contributed by atoms with E-state index in [0.717, 1.165) is 12.1 Å². The number of rotatable bonds is 7. The summed E-state index contributed by atoms with van der Waals surface area (Å²) in [5.74, 6) is 0.397. The quantitative estimate of drug-likeness (QED) is 0.453. The fourth-order valence-corrected chi connectivity index (χ4v) is 3.20. The number of nitrogens with one attached hydrogen (secondary N) is 4. The minimum atomic E-state index is -0.584. The molecule has 0 spiro atoms. The van der Waals surface area contributed by atoms with Gasteiger partial charge in [0.25, 0.3) is 0 Å². The predicted octanol–water partition coefficient (Wildman–Crippen LogP) is 1.72. The number of carbonyl (C=O) groups excluding carboxylic acids is 2. The van der Waals surface area contributed by atoms with Gasteiger partial charge in [-0.2, -0.15) is 5.26 Å². The fraction of sp³-hybridized carbons (Fsp3) is 0.350. The van der Waals surface area contributed by atoms with Crippen molar-refractivity contribution < 1.29 is 19.1 Å². The maximum absolute atomic E-state index is 12.3. The monoisotopic (exact) mass is 495 g/mol. The molecule has 1 saturated heterocycles. The Morgan fingerprint density at radius 2 is 2.15 bits per heavy atom. The molecule has 0 bridgehead atoms. The topological polar surface area (TPSA) is 150 Å². The molecule has 2 aromatic rings. The molecule has 1 aliphatic rings. The summed E-state index contributed by atoms with van der Waals surface area (Å²) in [6, 6.07) is 4.53. The highest BCUT2D eigenvalue weighted by molar-refractivity contribution is 6.31. The van der Waals surface area contributed by atoms with Crippen molar-refractivity contribution in [3.8, 4) is 11.8 Å². The van der Waals surface area contributed by atoms with Gasteiger partial charge in [0, 0.05) is 24.7 Å². The number of nitrogens with zero attached hydrogens (tertiary/aromatic N) is 3. The van der Waals surface area contributed by atoms with Gasteiger partial charge in [-0.25, -0.2) is 14.8 Å². The molecule has 0 aliphatic carbocycles. The summed E-state index contributed by atoms with van der Waals surface area (Å²) < 4.78 is 10.8. The molecule has 3 rings (SSSR count). The van der Waals surface area contributed by atoms with Gasteiger partial charge < -0.3 is 25.4 Å². The molecule has 1 atom stereocenters. The number of anilines is 2. The van der Waals surface area contributed by atoms with Gasteiger partial charge in [0.05, 0.1) is 31.8 Å². The van der Waals surface area contributed by atoms with E-state index in [1.807, 2.05) is 6.07 Å². The van der Waals surface area contributed by atoms with Crippen molar-refractivity contribution in [2.24, 2.45) is 0 Å². The number of ether oxygens (including phenoxy) is 2. The smallest absolute Gasteiger partial charge is 0.325 e. The molecule has 3 amide bonds. The fourth-order valence-electron chi connectivity index (χ4n) is 2.94. The van der Waals surface area contributed by atoms with Gasteiger partial charge in [-0.1, -0.05) is 11.6 Å². The molecule has 0 unspecified atom stereocenters. The Balaban J connectivity index is 0.00000385. The number of morpholine rings is 1. The third-order valence-corrected chi connectivity index (χ3v) is 4.89. The van der Waals surface area contributed by atoms with E-state index in [-0.39, 0.29) is 29.8 Å². The molecule has 0 saturated carbocycles. The summed E-state index contributed by atoms with van der Waals surface area (Å²) in [6.07, 6.45) is 2.49. The number of hydrogen-bond acceptors (Lipinski definition) is 8. The molecule has 2 heterocycles. The van der Waals surface area contributed by atoms with Gasteiger partial charge >= 0.3 is 6.03 Å². The second-order valence-corrected chi connectivity index (χ2v) is 7.13. The molecule has 1 aromatic carbocycles. The summed E-state index contributed by atoms with van der Waals surface area (Å²) in [5.41, 5.74) is 1.24. The lowest BCUT2D eigenvalue weighted by atomic mass is 10.1. The minimum absolute atomic E-state index is 0. The van der Waals surface area contributed by atoms with Crippen molar-refractivity contribution in [3.63, 3.8) is 0 Å². The third kappa shape index (κ3) is 7.44. The van der Waals surface area contributed by atoms with Crippen LogP contribution in [-0.2, 0) is 16.0 Å². The molecular formula is C20H23Cl2N7O4. The lowest BCUT2D eigenvalue weighted by molar-refractivity contribution is -0.134. The number of urea groups is 1. The SMILES string of the molecule is COc1cc(CCNC(=O)[C@H]2CNCCO2)c(Cl)cc1NC(=O)Nc1cnc(C#N)cn1.Cl. The van der Waals surface area contributed by atoms with E-state index in [2.05, 4.69) is 31.2 Å². The second-order valence-electron chi connectivity index (χ2n) is 6.73. The highest BCUT2D eigenvalue weighted by Crippen LogP contribution is 2.31. The number of benzene rings is 1. The largest absolute Gasteiger partial charge is 0.495 e. The van der Waals surface area contributed by atoms with Crippen LogP contribution < -0.4 is 26.0 Å². The first kappa shape index (κ1) is 26.1.